The first kappa shape index (κ1) is 42.6. The lowest BCUT2D eigenvalue weighted by molar-refractivity contribution is -0.394. The van der Waals surface area contributed by atoms with Gasteiger partial charge in [-0.3, -0.25) is 34.6 Å². The molecule has 4 unspecified atom stereocenters. The molecule has 2 aliphatic rings. The number of allylic oxidation sites excluding steroid dienone is 10. The second kappa shape index (κ2) is 16.5. The number of ether oxygens (including phenoxy) is 1. The topological polar surface area (TPSA) is 164 Å². The Kier molecular flexibility index (Phi) is 13.2. The van der Waals surface area contributed by atoms with E-state index >= 15 is 14.4 Å². The number of non-ortho nitro benzene ring substituents is 2. The summed E-state index contributed by atoms with van der Waals surface area (Å²) in [4.78, 5) is 82.2. The molecule has 0 aromatic heterocycles. The fraction of sp³-hybridized carbons (Fsp3) is 0.524. The molecule has 2 aliphatic carbocycles. The summed E-state index contributed by atoms with van der Waals surface area (Å²) in [5.74, 6) is -4.32. The number of esters is 1. The van der Waals surface area contributed by atoms with E-state index in [0.29, 0.717) is 19.3 Å². The zero-order chi connectivity index (χ0) is 40.2. The molecule has 1 aromatic rings. The molecule has 1 aromatic carbocycles. The van der Waals surface area contributed by atoms with Crippen molar-refractivity contribution < 1.29 is 33.8 Å². The van der Waals surface area contributed by atoms with Crippen LogP contribution in [0.25, 0.3) is 0 Å². The van der Waals surface area contributed by atoms with Gasteiger partial charge in [0.2, 0.25) is 0 Å². The number of nitro benzene ring substituents is 2. The molecule has 4 atom stereocenters. The van der Waals surface area contributed by atoms with Crippen LogP contribution in [-0.2, 0) is 19.1 Å². The van der Waals surface area contributed by atoms with Gasteiger partial charge in [-0.2, -0.15) is 0 Å². The van der Waals surface area contributed by atoms with Gasteiger partial charge in [-0.25, -0.2) is 4.79 Å². The molecule has 2 bridgehead atoms. The highest BCUT2D eigenvalue weighted by Crippen LogP contribution is 2.68. The van der Waals surface area contributed by atoms with Crippen LogP contribution in [0.4, 0.5) is 11.4 Å². The Morgan fingerprint density at radius 1 is 0.849 bits per heavy atom. The van der Waals surface area contributed by atoms with Crippen LogP contribution >= 0.6 is 0 Å². The number of rotatable bonds is 15. The molecular formula is C42H54N2O9. The number of Topliss-reactive ketones (excluding diaryl/α,β-unsaturated/α-hetero) is 3. The van der Waals surface area contributed by atoms with Crippen molar-refractivity contribution in [1.29, 1.82) is 0 Å². The van der Waals surface area contributed by atoms with Gasteiger partial charge in [0.1, 0.15) is 5.76 Å². The number of hydrogen-bond donors (Lipinski definition) is 0. The molecule has 0 radical (unpaired) electrons. The summed E-state index contributed by atoms with van der Waals surface area (Å²) in [7, 11) is 0. The lowest BCUT2D eigenvalue weighted by Gasteiger charge is -2.61. The highest BCUT2D eigenvalue weighted by molar-refractivity contribution is 6.33. The molecule has 0 aliphatic heterocycles. The van der Waals surface area contributed by atoms with Gasteiger partial charge in [-0.05, 0) is 105 Å². The molecule has 1 saturated carbocycles. The zero-order valence-electron chi connectivity index (χ0n) is 33.0. The number of carbonyl (C=O) groups excluding carboxylic acids is 4. The highest BCUT2D eigenvalue weighted by atomic mass is 16.6. The third-order valence-corrected chi connectivity index (χ3v) is 10.7. The van der Waals surface area contributed by atoms with E-state index in [1.165, 1.54) is 0 Å². The smallest absolute Gasteiger partial charge is 0.343 e. The molecule has 0 heterocycles. The number of fused-ring (bicyclic) bond motifs is 2. The molecule has 0 amide bonds. The van der Waals surface area contributed by atoms with Crippen LogP contribution in [-0.4, -0.2) is 33.2 Å². The Balaban J connectivity index is 2.59. The van der Waals surface area contributed by atoms with E-state index in [9.17, 15) is 25.0 Å². The van der Waals surface area contributed by atoms with Crippen LogP contribution in [0.2, 0.25) is 0 Å². The van der Waals surface area contributed by atoms with Crippen molar-refractivity contribution in [2.75, 3.05) is 0 Å². The van der Waals surface area contributed by atoms with Crippen molar-refractivity contribution in [2.24, 2.45) is 28.1 Å². The predicted octanol–water partition coefficient (Wildman–Crippen LogP) is 10.1. The van der Waals surface area contributed by atoms with Gasteiger partial charge in [-0.1, -0.05) is 67.4 Å². The van der Waals surface area contributed by atoms with Gasteiger partial charge >= 0.3 is 5.97 Å². The molecule has 286 valence electrons. The molecule has 53 heavy (non-hydrogen) atoms. The van der Waals surface area contributed by atoms with Gasteiger partial charge in [0.15, 0.2) is 22.8 Å². The van der Waals surface area contributed by atoms with E-state index < -0.39 is 78.2 Å². The Morgan fingerprint density at radius 3 is 1.85 bits per heavy atom. The second-order valence-electron chi connectivity index (χ2n) is 16.1. The first-order chi connectivity index (χ1) is 24.6. The number of benzene rings is 1. The fourth-order valence-corrected chi connectivity index (χ4v) is 7.92. The number of ketones is 3. The van der Waals surface area contributed by atoms with E-state index in [-0.39, 0.29) is 30.6 Å². The van der Waals surface area contributed by atoms with Crippen molar-refractivity contribution in [3.8, 4) is 0 Å². The summed E-state index contributed by atoms with van der Waals surface area (Å²) in [6.45, 7) is 20.5. The second-order valence-corrected chi connectivity index (χ2v) is 16.1. The van der Waals surface area contributed by atoms with Crippen LogP contribution < -0.4 is 0 Å². The minimum Gasteiger partial charge on any atom is -0.426 e. The van der Waals surface area contributed by atoms with Gasteiger partial charge in [0.05, 0.1) is 26.9 Å². The monoisotopic (exact) mass is 730 g/mol. The third-order valence-electron chi connectivity index (χ3n) is 10.7. The highest BCUT2D eigenvalue weighted by Gasteiger charge is 2.76. The Labute approximate surface area is 312 Å². The lowest BCUT2D eigenvalue weighted by Crippen LogP contribution is -2.71. The summed E-state index contributed by atoms with van der Waals surface area (Å²) < 4.78 is 6.15. The molecule has 11 heteroatoms. The van der Waals surface area contributed by atoms with Gasteiger partial charge < -0.3 is 4.74 Å². The average Bonchev–Trinajstić information content (AvgIpc) is 3.06. The van der Waals surface area contributed by atoms with E-state index in [4.69, 9.17) is 4.74 Å². The number of carbonyl (C=O) groups is 4. The molecule has 11 nitrogen and oxygen atoms in total. The van der Waals surface area contributed by atoms with Gasteiger partial charge in [0, 0.05) is 23.6 Å². The van der Waals surface area contributed by atoms with Crippen molar-refractivity contribution in [3.63, 3.8) is 0 Å². The molecule has 3 rings (SSSR count). The quantitative estimate of drug-likeness (QED) is 0.0561. The van der Waals surface area contributed by atoms with Crippen LogP contribution in [0.15, 0.2) is 76.1 Å². The molecule has 0 N–H and O–H groups in total. The lowest BCUT2D eigenvalue weighted by atomic mass is 9.38. The van der Waals surface area contributed by atoms with Crippen LogP contribution in [0.3, 0.4) is 0 Å². The summed E-state index contributed by atoms with van der Waals surface area (Å²) in [6.07, 6.45) is 9.14. The Morgan fingerprint density at radius 2 is 1.38 bits per heavy atom. The van der Waals surface area contributed by atoms with Crippen molar-refractivity contribution in [3.05, 3.63) is 102 Å². The number of nitrogens with zero attached hydrogens (tertiary/aromatic N) is 2. The van der Waals surface area contributed by atoms with Crippen LogP contribution in [0.5, 0.6) is 0 Å². The number of hydrogen-bond acceptors (Lipinski definition) is 9. The predicted molar refractivity (Wildman–Crippen MR) is 204 cm³/mol. The summed E-state index contributed by atoms with van der Waals surface area (Å²) in [6, 6.07) is 2.47. The van der Waals surface area contributed by atoms with Crippen LogP contribution in [0.1, 0.15) is 125 Å². The Hall–Kier alpha value is -4.80. The third kappa shape index (κ3) is 8.24. The molecular weight excluding hydrogens is 676 g/mol. The zero-order valence-corrected chi connectivity index (χ0v) is 33.0. The van der Waals surface area contributed by atoms with E-state index in [0.717, 1.165) is 40.5 Å². The van der Waals surface area contributed by atoms with Gasteiger partial charge in [0.25, 0.3) is 11.4 Å². The standard InChI is InChI=1S/C42H54N2O9/c1-25(2)13-12-19-40(11)31(16-14-26(3)4)24-41(20-18-28(7)8)37(53-38(47)30-21-32(43(49)50)23-33(22-30)44(51)52)34(17-15-27(5)6)36(46)42(40,39(41)48)35(45)29(9)10/h13-15,18,21-23,29,31H,12,16-17,19-20,24H2,1-11H3. The minimum absolute atomic E-state index is 0.00402. The normalized spacial score (nSPS) is 23.6. The fourth-order valence-electron chi connectivity index (χ4n) is 7.92. The maximum atomic E-state index is 15.8. The molecule has 0 saturated heterocycles. The molecule has 0 spiro atoms. The summed E-state index contributed by atoms with van der Waals surface area (Å²) in [5, 5.41) is 23.4. The SMILES string of the molecule is CC(C)=CCCC1(C)C(CC=C(C)C)CC2(CC=C(C)C)C(=O)C1(C(=O)C(C)C)C(=O)C(CC=C(C)C)=C2OC(=O)c1cc([N+](=O)[O-])cc([N+](=O)[O-])c1. The van der Waals surface area contributed by atoms with Crippen molar-refractivity contribution >= 4 is 34.7 Å². The summed E-state index contributed by atoms with van der Waals surface area (Å²) in [5.41, 5.74) is -3.03. The van der Waals surface area contributed by atoms with E-state index in [1.54, 1.807) is 19.9 Å². The first-order valence-electron chi connectivity index (χ1n) is 18.1. The number of nitro groups is 2. The maximum Gasteiger partial charge on any atom is 0.343 e. The van der Waals surface area contributed by atoms with Crippen LogP contribution in [0, 0.1) is 48.3 Å². The summed E-state index contributed by atoms with van der Waals surface area (Å²) >= 11 is 0. The van der Waals surface area contributed by atoms with Gasteiger partial charge in [-0.15, -0.1) is 0 Å². The largest absolute Gasteiger partial charge is 0.426 e. The van der Waals surface area contributed by atoms with Crippen molar-refractivity contribution in [1.82, 2.24) is 0 Å². The molecule has 1 fully saturated rings. The van der Waals surface area contributed by atoms with E-state index in [2.05, 4.69) is 0 Å². The maximum absolute atomic E-state index is 15.8. The van der Waals surface area contributed by atoms with Crippen molar-refractivity contribution in [2.45, 2.75) is 115 Å². The Bertz CT molecular complexity index is 1830. The van der Waals surface area contributed by atoms with E-state index in [1.807, 2.05) is 80.5 Å². The first-order valence-corrected chi connectivity index (χ1v) is 18.1. The average molecular weight is 731 g/mol. The minimum atomic E-state index is -2.12.